The van der Waals surface area contributed by atoms with Gasteiger partial charge in [-0.2, -0.15) is 0 Å². The zero-order valence-electron chi connectivity index (χ0n) is 8.46. The van der Waals surface area contributed by atoms with Crippen molar-refractivity contribution in [3.63, 3.8) is 0 Å². The van der Waals surface area contributed by atoms with Crippen LogP contribution in [0.25, 0.3) is 0 Å². The first-order chi connectivity index (χ1) is 7.47. The zero-order valence-corrected chi connectivity index (χ0v) is 8.46. The van der Waals surface area contributed by atoms with Crippen molar-refractivity contribution in [1.29, 1.82) is 0 Å². The highest BCUT2D eigenvalue weighted by Crippen LogP contribution is 1.95. The number of imidazole rings is 1. The van der Waals surface area contributed by atoms with Gasteiger partial charge in [0.1, 0.15) is 6.04 Å². The van der Waals surface area contributed by atoms with Gasteiger partial charge in [0.2, 0.25) is 0 Å². The number of carboxylic acids is 2. The molecule has 1 heterocycles. The molecule has 0 radical (unpaired) electrons. The van der Waals surface area contributed by atoms with Gasteiger partial charge in [-0.1, -0.05) is 0 Å². The summed E-state index contributed by atoms with van der Waals surface area (Å²) in [5.41, 5.74) is 10.5. The number of nitrogens with zero attached hydrogens (tertiary/aromatic N) is 1. The number of nitrogens with two attached hydrogens (primary N) is 2. The number of hydrogen-bond acceptors (Lipinski definition) is 5. The number of aromatic nitrogens is 2. The van der Waals surface area contributed by atoms with Crippen LogP contribution in [0.2, 0.25) is 0 Å². The van der Waals surface area contributed by atoms with Crippen molar-refractivity contribution in [1.82, 2.24) is 9.97 Å². The van der Waals surface area contributed by atoms with E-state index >= 15 is 0 Å². The third-order valence-corrected chi connectivity index (χ3v) is 1.48. The van der Waals surface area contributed by atoms with Crippen molar-refractivity contribution in [2.24, 2.45) is 11.5 Å². The smallest absolute Gasteiger partial charge is 0.320 e. The summed E-state index contributed by atoms with van der Waals surface area (Å²) in [4.78, 5) is 26.1. The molecular weight excluding hydrogens is 216 g/mol. The average molecular weight is 230 g/mol. The van der Waals surface area contributed by atoms with Crippen LogP contribution in [0, 0.1) is 0 Å². The van der Waals surface area contributed by atoms with Gasteiger partial charge in [0.15, 0.2) is 0 Å². The Morgan fingerprint density at radius 2 is 2.06 bits per heavy atom. The zero-order chi connectivity index (χ0) is 12.6. The van der Waals surface area contributed by atoms with Crippen LogP contribution < -0.4 is 11.5 Å². The molecule has 0 bridgehead atoms. The van der Waals surface area contributed by atoms with E-state index in [0.29, 0.717) is 5.69 Å². The Morgan fingerprint density at radius 3 is 2.38 bits per heavy atom. The molecule has 0 aliphatic rings. The number of aromatic amines is 1. The van der Waals surface area contributed by atoms with Crippen molar-refractivity contribution in [2.75, 3.05) is 6.54 Å². The monoisotopic (exact) mass is 230 g/mol. The van der Waals surface area contributed by atoms with Crippen LogP contribution in [0.3, 0.4) is 0 Å². The Hall–Kier alpha value is -1.93. The molecule has 8 heteroatoms. The molecule has 0 saturated carbocycles. The molecule has 0 fully saturated rings. The lowest BCUT2D eigenvalue weighted by Gasteiger charge is -2.01. The highest BCUT2D eigenvalue weighted by Gasteiger charge is 2.12. The molecule has 16 heavy (non-hydrogen) atoms. The lowest BCUT2D eigenvalue weighted by atomic mass is 10.2. The van der Waals surface area contributed by atoms with Crippen LogP contribution in [-0.2, 0) is 16.0 Å². The largest absolute Gasteiger partial charge is 0.480 e. The fourth-order valence-corrected chi connectivity index (χ4v) is 0.715. The SMILES string of the molecule is NC(Cc1c[nH]cn1)C(=O)O.NCC(=O)O. The van der Waals surface area contributed by atoms with Crippen molar-refractivity contribution in [3.05, 3.63) is 18.2 Å². The molecule has 8 nitrogen and oxygen atoms in total. The third-order valence-electron chi connectivity index (χ3n) is 1.48. The molecule has 7 N–H and O–H groups in total. The number of aliphatic carboxylic acids is 2. The Kier molecular flexibility index (Phi) is 6.48. The first kappa shape index (κ1) is 14.1. The lowest BCUT2D eigenvalue weighted by Crippen LogP contribution is -2.32. The van der Waals surface area contributed by atoms with Crippen LogP contribution in [-0.4, -0.2) is 44.7 Å². The van der Waals surface area contributed by atoms with Crippen molar-refractivity contribution in [3.8, 4) is 0 Å². The Labute approximate surface area is 91.3 Å². The van der Waals surface area contributed by atoms with Gasteiger partial charge in [0.05, 0.1) is 18.6 Å². The first-order valence-electron chi connectivity index (χ1n) is 4.35. The number of carbonyl (C=O) groups is 2. The number of rotatable bonds is 4. The lowest BCUT2D eigenvalue weighted by molar-refractivity contribution is -0.138. The van der Waals surface area contributed by atoms with Gasteiger partial charge in [-0.25, -0.2) is 4.98 Å². The molecule has 0 aliphatic carbocycles. The van der Waals surface area contributed by atoms with Crippen molar-refractivity contribution < 1.29 is 19.8 Å². The summed E-state index contributed by atoms with van der Waals surface area (Å²) in [5, 5.41) is 16.0. The predicted molar refractivity (Wildman–Crippen MR) is 54.6 cm³/mol. The van der Waals surface area contributed by atoms with Crippen LogP contribution in [0.5, 0.6) is 0 Å². The van der Waals surface area contributed by atoms with E-state index in [4.69, 9.17) is 15.9 Å². The molecule has 0 amide bonds. The van der Waals surface area contributed by atoms with Gasteiger partial charge in [-0.3, -0.25) is 9.59 Å². The second-order valence-electron chi connectivity index (χ2n) is 2.81. The second-order valence-corrected chi connectivity index (χ2v) is 2.81. The minimum atomic E-state index is -1.01. The minimum absolute atomic E-state index is 0.263. The summed E-state index contributed by atoms with van der Waals surface area (Å²) in [5.74, 6) is -1.97. The molecule has 0 saturated heterocycles. The first-order valence-corrected chi connectivity index (χ1v) is 4.35. The molecule has 1 atom stereocenters. The Bertz CT molecular complexity index is 325. The summed E-state index contributed by atoms with van der Waals surface area (Å²) in [6, 6.07) is -0.863. The maximum Gasteiger partial charge on any atom is 0.320 e. The van der Waals surface area contributed by atoms with E-state index in [2.05, 4.69) is 15.7 Å². The maximum atomic E-state index is 10.3. The summed E-state index contributed by atoms with van der Waals surface area (Å²) >= 11 is 0. The summed E-state index contributed by atoms with van der Waals surface area (Å²) in [6.07, 6.45) is 3.38. The number of H-pyrrole nitrogens is 1. The summed E-state index contributed by atoms with van der Waals surface area (Å²) in [7, 11) is 0. The number of nitrogens with one attached hydrogen (secondary N) is 1. The van der Waals surface area contributed by atoms with Gasteiger partial charge in [-0.05, 0) is 0 Å². The number of hydrogen-bond donors (Lipinski definition) is 5. The summed E-state index contributed by atoms with van der Waals surface area (Å²) < 4.78 is 0. The molecule has 0 spiro atoms. The second kappa shape index (κ2) is 7.37. The van der Waals surface area contributed by atoms with E-state index in [1.807, 2.05) is 0 Å². The van der Waals surface area contributed by atoms with Crippen LogP contribution in [0.15, 0.2) is 12.5 Å². The van der Waals surface area contributed by atoms with Crippen LogP contribution >= 0.6 is 0 Å². The Morgan fingerprint density at radius 1 is 1.50 bits per heavy atom. The van der Waals surface area contributed by atoms with E-state index in [-0.39, 0.29) is 13.0 Å². The standard InChI is InChI=1S/C6H9N3O2.C2H5NO2/c7-5(6(10)11)1-4-2-8-3-9-4;3-1-2(4)5/h2-3,5H,1,7H2,(H,8,9)(H,10,11);1,3H2,(H,4,5). The fourth-order valence-electron chi connectivity index (χ4n) is 0.715. The molecule has 1 aromatic heterocycles. The molecular formula is C8H14N4O4. The summed E-state index contributed by atoms with van der Waals surface area (Å²) in [6.45, 7) is -0.278. The molecule has 90 valence electrons. The molecule has 0 aromatic carbocycles. The normalized spacial score (nSPS) is 11.1. The molecule has 1 rings (SSSR count). The van der Waals surface area contributed by atoms with Gasteiger partial charge in [-0.15, -0.1) is 0 Å². The molecule has 1 aromatic rings. The van der Waals surface area contributed by atoms with Crippen LogP contribution in [0.4, 0.5) is 0 Å². The van der Waals surface area contributed by atoms with Gasteiger partial charge < -0.3 is 26.7 Å². The maximum absolute atomic E-state index is 10.3. The predicted octanol–water partition coefficient (Wildman–Crippen LogP) is -1.61. The third kappa shape index (κ3) is 6.51. The van der Waals surface area contributed by atoms with E-state index in [9.17, 15) is 9.59 Å². The topological polar surface area (TPSA) is 155 Å². The van der Waals surface area contributed by atoms with E-state index in [1.165, 1.54) is 6.33 Å². The van der Waals surface area contributed by atoms with E-state index in [0.717, 1.165) is 0 Å². The van der Waals surface area contributed by atoms with Crippen molar-refractivity contribution >= 4 is 11.9 Å². The highest BCUT2D eigenvalue weighted by atomic mass is 16.4. The minimum Gasteiger partial charge on any atom is -0.480 e. The molecule has 0 aliphatic heterocycles. The quantitative estimate of drug-likeness (QED) is 0.416. The van der Waals surface area contributed by atoms with E-state index in [1.54, 1.807) is 6.20 Å². The molecule has 1 unspecified atom stereocenters. The van der Waals surface area contributed by atoms with Gasteiger partial charge in [0.25, 0.3) is 0 Å². The van der Waals surface area contributed by atoms with Crippen LogP contribution in [0.1, 0.15) is 5.69 Å². The average Bonchev–Trinajstić information content (AvgIpc) is 2.71. The van der Waals surface area contributed by atoms with Crippen molar-refractivity contribution in [2.45, 2.75) is 12.5 Å². The van der Waals surface area contributed by atoms with Gasteiger partial charge >= 0.3 is 11.9 Å². The Balaban J connectivity index is 0.000000385. The van der Waals surface area contributed by atoms with E-state index < -0.39 is 18.0 Å². The number of carboxylic acid groups (broad SMARTS) is 2. The van der Waals surface area contributed by atoms with Gasteiger partial charge in [0, 0.05) is 12.6 Å². The fraction of sp³-hybridized carbons (Fsp3) is 0.375. The highest BCUT2D eigenvalue weighted by molar-refractivity contribution is 5.73.